The molecule has 1 aromatic rings. The van der Waals surface area contributed by atoms with Crippen LogP contribution in [0.2, 0.25) is 0 Å². The zero-order valence-corrected chi connectivity index (χ0v) is 12.7. The fourth-order valence-electron chi connectivity index (χ4n) is 1.55. The third-order valence-corrected chi connectivity index (χ3v) is 3.87. The van der Waals surface area contributed by atoms with E-state index in [1.165, 1.54) is 12.1 Å². The lowest BCUT2D eigenvalue weighted by molar-refractivity contribution is 0.598. The smallest absolute Gasteiger partial charge is 0.238 e. The van der Waals surface area contributed by atoms with Crippen molar-refractivity contribution in [3.63, 3.8) is 0 Å². The highest BCUT2D eigenvalue weighted by atomic mass is 32.2. The van der Waals surface area contributed by atoms with Crippen LogP contribution in [0.3, 0.4) is 0 Å². The first kappa shape index (κ1) is 16.5. The highest BCUT2D eigenvalue weighted by Gasteiger charge is 2.06. The number of nitrogens with one attached hydrogen (secondary N) is 1. The van der Waals surface area contributed by atoms with Crippen LogP contribution in [0.15, 0.2) is 34.2 Å². The van der Waals surface area contributed by atoms with E-state index >= 15 is 0 Å². The van der Waals surface area contributed by atoms with Crippen LogP contribution in [-0.2, 0) is 16.4 Å². The molecule has 5 N–H and O–H groups in total. The van der Waals surface area contributed by atoms with Crippen molar-refractivity contribution in [3.05, 3.63) is 29.8 Å². The summed E-state index contributed by atoms with van der Waals surface area (Å²) >= 11 is 0. The average Bonchev–Trinajstić information content (AvgIpc) is 2.38. The predicted molar refractivity (Wildman–Crippen MR) is 80.9 cm³/mol. The minimum atomic E-state index is -3.63. The number of primary sulfonamides is 1. The molecule has 0 saturated carbocycles. The molecule has 0 aliphatic carbocycles. The van der Waals surface area contributed by atoms with Gasteiger partial charge in [0.25, 0.3) is 0 Å². The molecule has 0 aliphatic rings. The molecule has 0 fully saturated rings. The molecule has 1 unspecified atom stereocenters. The number of aliphatic imine (C=N–C) groups is 1. The van der Waals surface area contributed by atoms with Crippen LogP contribution in [0.5, 0.6) is 0 Å². The van der Waals surface area contributed by atoms with E-state index in [4.69, 9.17) is 10.9 Å². The summed E-state index contributed by atoms with van der Waals surface area (Å²) in [6.45, 7) is 4.65. The summed E-state index contributed by atoms with van der Waals surface area (Å²) in [4.78, 5) is 4.33. The van der Waals surface area contributed by atoms with Gasteiger partial charge in [-0.1, -0.05) is 19.1 Å². The number of sulfonamides is 1. The monoisotopic (exact) mass is 298 g/mol. The van der Waals surface area contributed by atoms with Crippen LogP contribution in [0.25, 0.3) is 0 Å². The average molecular weight is 298 g/mol. The molecule has 7 heteroatoms. The molecule has 0 radical (unpaired) electrons. The summed E-state index contributed by atoms with van der Waals surface area (Å²) in [6, 6.07) is 6.75. The van der Waals surface area contributed by atoms with E-state index in [-0.39, 0.29) is 4.90 Å². The lowest BCUT2D eigenvalue weighted by Crippen LogP contribution is -2.38. The van der Waals surface area contributed by atoms with Crippen LogP contribution in [0.1, 0.15) is 25.8 Å². The zero-order valence-electron chi connectivity index (χ0n) is 11.8. The quantitative estimate of drug-likeness (QED) is 0.527. The third kappa shape index (κ3) is 5.58. The van der Waals surface area contributed by atoms with E-state index in [1.807, 2.05) is 6.92 Å². The van der Waals surface area contributed by atoms with Crippen molar-refractivity contribution >= 4 is 16.0 Å². The molecule has 0 aromatic heterocycles. The summed E-state index contributed by atoms with van der Waals surface area (Å²) in [5.74, 6) is 0.431. The first-order chi connectivity index (χ1) is 9.32. The second-order valence-corrected chi connectivity index (χ2v) is 6.22. The van der Waals surface area contributed by atoms with Crippen molar-refractivity contribution in [2.75, 3.05) is 6.54 Å². The number of hydrogen-bond donors (Lipinski definition) is 3. The zero-order chi connectivity index (χ0) is 15.2. The number of nitrogens with zero attached hydrogens (tertiary/aromatic N) is 1. The maximum absolute atomic E-state index is 11.1. The van der Waals surface area contributed by atoms with Crippen molar-refractivity contribution in [3.8, 4) is 0 Å². The largest absolute Gasteiger partial charge is 0.370 e. The second-order valence-electron chi connectivity index (χ2n) is 4.66. The van der Waals surface area contributed by atoms with Gasteiger partial charge in [0.2, 0.25) is 10.0 Å². The number of guanidine groups is 1. The van der Waals surface area contributed by atoms with E-state index in [0.717, 1.165) is 12.0 Å². The lowest BCUT2D eigenvalue weighted by atomic mass is 10.1. The Labute approximate surface area is 120 Å². The molecule has 20 heavy (non-hydrogen) atoms. The summed E-state index contributed by atoms with van der Waals surface area (Å²) in [5.41, 5.74) is 6.72. The number of rotatable bonds is 6. The van der Waals surface area contributed by atoms with E-state index < -0.39 is 10.0 Å². The first-order valence-electron chi connectivity index (χ1n) is 6.51. The summed E-state index contributed by atoms with van der Waals surface area (Å²) in [5, 5.41) is 8.11. The van der Waals surface area contributed by atoms with E-state index in [2.05, 4.69) is 17.2 Å². The van der Waals surface area contributed by atoms with Gasteiger partial charge in [-0.3, -0.25) is 4.99 Å². The molecule has 1 atom stereocenters. The van der Waals surface area contributed by atoms with Crippen molar-refractivity contribution in [2.45, 2.75) is 37.6 Å². The third-order valence-electron chi connectivity index (χ3n) is 2.94. The molecule has 1 rings (SSSR count). The van der Waals surface area contributed by atoms with Gasteiger partial charge in [0.1, 0.15) is 0 Å². The Morgan fingerprint density at radius 3 is 2.45 bits per heavy atom. The van der Waals surface area contributed by atoms with Gasteiger partial charge in [-0.15, -0.1) is 0 Å². The topological polar surface area (TPSA) is 111 Å². The number of nitrogens with two attached hydrogens (primary N) is 2. The fraction of sp³-hybridized carbons (Fsp3) is 0.462. The van der Waals surface area contributed by atoms with Crippen LogP contribution in [0, 0.1) is 0 Å². The number of benzene rings is 1. The molecule has 0 heterocycles. The highest BCUT2D eigenvalue weighted by Crippen LogP contribution is 2.09. The van der Waals surface area contributed by atoms with Gasteiger partial charge in [-0.05, 0) is 37.5 Å². The predicted octanol–water partition coefficient (Wildman–Crippen LogP) is 0.579. The highest BCUT2D eigenvalue weighted by molar-refractivity contribution is 7.89. The maximum Gasteiger partial charge on any atom is 0.238 e. The Balaban J connectivity index is 2.52. The molecule has 0 bridgehead atoms. The van der Waals surface area contributed by atoms with Gasteiger partial charge in [-0.2, -0.15) is 0 Å². The van der Waals surface area contributed by atoms with E-state index in [1.54, 1.807) is 12.1 Å². The molecule has 112 valence electrons. The normalized spacial score (nSPS) is 14.1. The Morgan fingerprint density at radius 1 is 1.35 bits per heavy atom. The molecular formula is C13H22N4O2S. The molecule has 0 spiro atoms. The Kier molecular flexibility index (Phi) is 5.97. The van der Waals surface area contributed by atoms with Gasteiger partial charge in [-0.25, -0.2) is 13.6 Å². The minimum absolute atomic E-state index is 0.114. The molecular weight excluding hydrogens is 276 g/mol. The second kappa shape index (κ2) is 7.25. The molecule has 0 saturated heterocycles. The van der Waals surface area contributed by atoms with Crippen LogP contribution in [-0.4, -0.2) is 27.0 Å². The fourth-order valence-corrected chi connectivity index (χ4v) is 2.07. The molecule has 1 aromatic carbocycles. The summed E-state index contributed by atoms with van der Waals surface area (Å²) in [7, 11) is -3.63. The van der Waals surface area contributed by atoms with Crippen molar-refractivity contribution < 1.29 is 8.42 Å². The van der Waals surface area contributed by atoms with Gasteiger partial charge >= 0.3 is 0 Å². The summed E-state index contributed by atoms with van der Waals surface area (Å²) in [6.07, 6.45) is 1.67. The lowest BCUT2D eigenvalue weighted by Gasteiger charge is -2.11. The van der Waals surface area contributed by atoms with Gasteiger partial charge < -0.3 is 11.1 Å². The van der Waals surface area contributed by atoms with E-state index in [9.17, 15) is 8.42 Å². The van der Waals surface area contributed by atoms with Crippen molar-refractivity contribution in [1.82, 2.24) is 5.32 Å². The molecule has 0 aliphatic heterocycles. The summed E-state index contributed by atoms with van der Waals surface area (Å²) < 4.78 is 22.2. The van der Waals surface area contributed by atoms with Crippen molar-refractivity contribution in [1.29, 1.82) is 0 Å². The van der Waals surface area contributed by atoms with Crippen LogP contribution < -0.4 is 16.2 Å². The standard InChI is InChI=1S/C13H22N4O2S/c1-3-10(2)17-13(14)16-9-8-11-4-6-12(7-5-11)20(15,18)19/h4-7,10H,3,8-9H2,1-2H3,(H3,14,16,17)(H2,15,18,19). The minimum Gasteiger partial charge on any atom is -0.370 e. The Hall–Kier alpha value is -1.60. The van der Waals surface area contributed by atoms with Crippen LogP contribution >= 0.6 is 0 Å². The molecule has 6 nitrogen and oxygen atoms in total. The molecule has 0 amide bonds. The van der Waals surface area contributed by atoms with Gasteiger partial charge in [0, 0.05) is 12.6 Å². The Morgan fingerprint density at radius 2 is 1.95 bits per heavy atom. The van der Waals surface area contributed by atoms with E-state index in [0.29, 0.717) is 25.0 Å². The maximum atomic E-state index is 11.1. The van der Waals surface area contributed by atoms with Gasteiger partial charge in [0.05, 0.1) is 4.90 Å². The van der Waals surface area contributed by atoms with Gasteiger partial charge in [0.15, 0.2) is 5.96 Å². The SMILES string of the molecule is CCC(C)NC(N)=NCCc1ccc(S(N)(=O)=O)cc1. The van der Waals surface area contributed by atoms with Crippen LogP contribution in [0.4, 0.5) is 0 Å². The number of hydrogen-bond acceptors (Lipinski definition) is 3. The Bertz CT molecular complexity index is 552. The van der Waals surface area contributed by atoms with Crippen molar-refractivity contribution in [2.24, 2.45) is 15.9 Å². The first-order valence-corrected chi connectivity index (χ1v) is 8.05.